The van der Waals surface area contributed by atoms with Gasteiger partial charge in [0.05, 0.1) is 17.5 Å². The fraction of sp³-hybridized carbons (Fsp3) is 0.364. The monoisotopic (exact) mass is 286 g/mol. The van der Waals surface area contributed by atoms with Gasteiger partial charge in [0.2, 0.25) is 0 Å². The molecule has 1 aromatic rings. The topological polar surface area (TPSA) is 55.6 Å². The van der Waals surface area contributed by atoms with Crippen molar-refractivity contribution in [2.45, 2.75) is 20.0 Å². The molecule has 4 nitrogen and oxygen atoms in total. The van der Waals surface area contributed by atoms with Crippen LogP contribution in [0.1, 0.15) is 13.8 Å². The minimum atomic E-state index is -0.413. The first-order valence-corrected chi connectivity index (χ1v) is 5.70. The molecule has 0 aromatic heterocycles. The molecular formula is C11H15BrN2O2. The van der Waals surface area contributed by atoms with E-state index in [1.807, 2.05) is 6.07 Å². The third kappa shape index (κ3) is 3.13. The summed E-state index contributed by atoms with van der Waals surface area (Å²) in [6.45, 7) is 3.60. The molecule has 0 unspecified atom stereocenters. The van der Waals surface area contributed by atoms with E-state index >= 15 is 0 Å². The van der Waals surface area contributed by atoms with Crippen molar-refractivity contribution in [3.63, 3.8) is 0 Å². The van der Waals surface area contributed by atoms with E-state index in [0.29, 0.717) is 11.4 Å². The highest BCUT2D eigenvalue weighted by molar-refractivity contribution is 9.10. The Labute approximate surface area is 103 Å². The minimum absolute atomic E-state index is 0.147. The fourth-order valence-corrected chi connectivity index (χ4v) is 1.59. The number of halogens is 1. The van der Waals surface area contributed by atoms with Crippen LogP contribution in [0.5, 0.6) is 0 Å². The molecular weight excluding hydrogens is 272 g/mol. The second kappa shape index (κ2) is 5.21. The molecule has 0 saturated heterocycles. The van der Waals surface area contributed by atoms with Crippen LogP contribution in [-0.4, -0.2) is 19.2 Å². The lowest BCUT2D eigenvalue weighted by Crippen LogP contribution is -2.29. The molecule has 0 radical (unpaired) electrons. The number of rotatable bonds is 2. The zero-order valence-electron chi connectivity index (χ0n) is 9.53. The lowest BCUT2D eigenvalue weighted by atomic mass is 10.2. The van der Waals surface area contributed by atoms with E-state index in [0.717, 1.165) is 4.47 Å². The van der Waals surface area contributed by atoms with Crippen LogP contribution in [-0.2, 0) is 4.74 Å². The summed E-state index contributed by atoms with van der Waals surface area (Å²) >= 11 is 3.31. The van der Waals surface area contributed by atoms with Gasteiger partial charge in [-0.2, -0.15) is 0 Å². The van der Waals surface area contributed by atoms with Crippen molar-refractivity contribution in [2.24, 2.45) is 0 Å². The Morgan fingerprint density at radius 2 is 2.12 bits per heavy atom. The average Bonchev–Trinajstić information content (AvgIpc) is 2.15. The van der Waals surface area contributed by atoms with E-state index in [2.05, 4.69) is 15.9 Å². The maximum absolute atomic E-state index is 11.6. The summed E-state index contributed by atoms with van der Waals surface area (Å²) in [5, 5.41) is 0. The first-order valence-electron chi connectivity index (χ1n) is 4.91. The Morgan fingerprint density at radius 3 is 2.62 bits per heavy atom. The third-order valence-electron chi connectivity index (χ3n) is 1.96. The number of nitrogens with zero attached hydrogens (tertiary/aromatic N) is 1. The summed E-state index contributed by atoms with van der Waals surface area (Å²) in [6, 6.07) is 5.33. The summed E-state index contributed by atoms with van der Waals surface area (Å²) in [7, 11) is 1.63. The smallest absolute Gasteiger partial charge is 0.414 e. The fourth-order valence-electron chi connectivity index (χ4n) is 1.21. The molecule has 16 heavy (non-hydrogen) atoms. The van der Waals surface area contributed by atoms with Crippen molar-refractivity contribution >= 4 is 33.4 Å². The van der Waals surface area contributed by atoms with Crippen molar-refractivity contribution in [1.82, 2.24) is 0 Å². The Morgan fingerprint density at radius 1 is 1.50 bits per heavy atom. The summed E-state index contributed by atoms with van der Waals surface area (Å²) in [4.78, 5) is 13.0. The molecule has 5 heteroatoms. The second-order valence-electron chi connectivity index (χ2n) is 3.69. The first-order chi connectivity index (χ1) is 7.41. The maximum Gasteiger partial charge on any atom is 0.414 e. The Kier molecular flexibility index (Phi) is 4.18. The molecule has 0 atom stereocenters. The van der Waals surface area contributed by atoms with E-state index in [9.17, 15) is 4.79 Å². The van der Waals surface area contributed by atoms with Crippen LogP contribution in [0, 0.1) is 0 Å². The SMILES string of the molecule is CC(C)OC(=O)N(C)c1ccc(Br)cc1N. The molecule has 0 bridgehead atoms. The normalized spacial score (nSPS) is 10.3. The predicted molar refractivity (Wildman–Crippen MR) is 68.6 cm³/mol. The first kappa shape index (κ1) is 12.8. The summed E-state index contributed by atoms with van der Waals surface area (Å²) < 4.78 is 5.95. The lowest BCUT2D eigenvalue weighted by Gasteiger charge is -2.20. The van der Waals surface area contributed by atoms with Crippen LogP contribution in [0.15, 0.2) is 22.7 Å². The van der Waals surface area contributed by atoms with Gasteiger partial charge in [-0.25, -0.2) is 4.79 Å². The van der Waals surface area contributed by atoms with Crippen molar-refractivity contribution in [3.05, 3.63) is 22.7 Å². The zero-order valence-corrected chi connectivity index (χ0v) is 11.1. The van der Waals surface area contributed by atoms with E-state index in [-0.39, 0.29) is 6.10 Å². The Bertz CT molecular complexity index is 394. The number of anilines is 2. The van der Waals surface area contributed by atoms with Crippen molar-refractivity contribution < 1.29 is 9.53 Å². The predicted octanol–water partition coefficient (Wildman–Crippen LogP) is 3.01. The molecule has 1 amide bonds. The molecule has 0 fully saturated rings. The minimum Gasteiger partial charge on any atom is -0.446 e. The molecule has 0 heterocycles. The van der Waals surface area contributed by atoms with Gasteiger partial charge < -0.3 is 10.5 Å². The van der Waals surface area contributed by atoms with Crippen molar-refractivity contribution in [2.75, 3.05) is 17.7 Å². The van der Waals surface area contributed by atoms with Gasteiger partial charge in [-0.3, -0.25) is 4.90 Å². The molecule has 0 aliphatic heterocycles. The van der Waals surface area contributed by atoms with E-state index in [1.54, 1.807) is 33.0 Å². The summed E-state index contributed by atoms with van der Waals surface area (Å²) in [6.07, 6.45) is -0.560. The third-order valence-corrected chi connectivity index (χ3v) is 2.45. The number of nitrogens with two attached hydrogens (primary N) is 1. The van der Waals surface area contributed by atoms with Gasteiger partial charge in [-0.1, -0.05) is 15.9 Å². The van der Waals surface area contributed by atoms with Crippen LogP contribution in [0.4, 0.5) is 16.2 Å². The van der Waals surface area contributed by atoms with Gasteiger partial charge in [0.1, 0.15) is 0 Å². The van der Waals surface area contributed by atoms with Crippen LogP contribution in [0.25, 0.3) is 0 Å². The van der Waals surface area contributed by atoms with Crippen LogP contribution in [0.3, 0.4) is 0 Å². The number of amides is 1. The molecule has 0 spiro atoms. The number of nitrogen functional groups attached to an aromatic ring is 1. The van der Waals surface area contributed by atoms with E-state index < -0.39 is 6.09 Å². The van der Waals surface area contributed by atoms with Crippen LogP contribution >= 0.6 is 15.9 Å². The van der Waals surface area contributed by atoms with Gasteiger partial charge in [0, 0.05) is 11.5 Å². The molecule has 0 aliphatic carbocycles. The number of carbonyl (C=O) groups excluding carboxylic acids is 1. The highest BCUT2D eigenvalue weighted by Crippen LogP contribution is 2.26. The quantitative estimate of drug-likeness (QED) is 0.851. The highest BCUT2D eigenvalue weighted by Gasteiger charge is 2.15. The lowest BCUT2D eigenvalue weighted by molar-refractivity contribution is 0.124. The highest BCUT2D eigenvalue weighted by atomic mass is 79.9. The number of ether oxygens (including phenoxy) is 1. The van der Waals surface area contributed by atoms with Gasteiger partial charge in [-0.05, 0) is 32.0 Å². The van der Waals surface area contributed by atoms with Crippen molar-refractivity contribution in [1.29, 1.82) is 0 Å². The number of carbonyl (C=O) groups is 1. The van der Waals surface area contributed by atoms with Gasteiger partial charge >= 0.3 is 6.09 Å². The van der Waals surface area contributed by atoms with E-state index in [4.69, 9.17) is 10.5 Å². The standard InChI is InChI=1S/C11H15BrN2O2/c1-7(2)16-11(15)14(3)10-5-4-8(12)6-9(10)13/h4-7H,13H2,1-3H3. The molecule has 0 aliphatic rings. The largest absolute Gasteiger partial charge is 0.446 e. The van der Waals surface area contributed by atoms with Crippen molar-refractivity contribution in [3.8, 4) is 0 Å². The molecule has 1 rings (SSSR count). The second-order valence-corrected chi connectivity index (χ2v) is 4.61. The Hall–Kier alpha value is -1.23. The number of hydrogen-bond acceptors (Lipinski definition) is 3. The van der Waals surface area contributed by atoms with Crippen LogP contribution < -0.4 is 10.6 Å². The molecule has 88 valence electrons. The van der Waals surface area contributed by atoms with Gasteiger partial charge in [-0.15, -0.1) is 0 Å². The molecule has 2 N–H and O–H groups in total. The van der Waals surface area contributed by atoms with E-state index in [1.165, 1.54) is 4.90 Å². The van der Waals surface area contributed by atoms with Crippen LogP contribution in [0.2, 0.25) is 0 Å². The summed E-state index contributed by atoms with van der Waals surface area (Å²) in [5.41, 5.74) is 6.97. The molecule has 1 aromatic carbocycles. The Balaban J connectivity index is 2.87. The molecule has 0 saturated carbocycles. The number of benzene rings is 1. The van der Waals surface area contributed by atoms with Gasteiger partial charge in [0.15, 0.2) is 0 Å². The summed E-state index contributed by atoms with van der Waals surface area (Å²) in [5.74, 6) is 0. The maximum atomic E-state index is 11.6. The number of hydrogen-bond donors (Lipinski definition) is 1. The van der Waals surface area contributed by atoms with Gasteiger partial charge in [0.25, 0.3) is 0 Å². The zero-order chi connectivity index (χ0) is 12.3. The average molecular weight is 287 g/mol.